The Kier molecular flexibility index (Phi) is 7.35. The van der Waals surface area contributed by atoms with Gasteiger partial charge >= 0.3 is 5.97 Å². The lowest BCUT2D eigenvalue weighted by molar-refractivity contribution is -0.142. The molecular weight excluding hydrogens is 284 g/mol. The molecule has 126 valence electrons. The summed E-state index contributed by atoms with van der Waals surface area (Å²) in [5.41, 5.74) is 0. The summed E-state index contributed by atoms with van der Waals surface area (Å²) in [7, 11) is 0. The van der Waals surface area contributed by atoms with E-state index >= 15 is 0 Å². The lowest BCUT2D eigenvalue weighted by Crippen LogP contribution is -2.50. The van der Waals surface area contributed by atoms with Crippen LogP contribution in [0.4, 0.5) is 0 Å². The van der Waals surface area contributed by atoms with Gasteiger partial charge in [-0.2, -0.15) is 0 Å². The number of hydrogen-bond donors (Lipinski definition) is 3. The van der Waals surface area contributed by atoms with E-state index in [1.54, 1.807) is 20.8 Å². The molecule has 6 heteroatoms. The van der Waals surface area contributed by atoms with Gasteiger partial charge in [0, 0.05) is 12.5 Å². The van der Waals surface area contributed by atoms with E-state index in [4.69, 9.17) is 5.11 Å². The predicted molar refractivity (Wildman–Crippen MR) is 83.2 cm³/mol. The normalized spacial score (nSPS) is 19.8. The number of rotatable bonds is 7. The third-order valence-corrected chi connectivity index (χ3v) is 4.48. The van der Waals surface area contributed by atoms with Gasteiger partial charge in [0.2, 0.25) is 11.8 Å². The second kappa shape index (κ2) is 8.76. The molecule has 6 nitrogen and oxygen atoms in total. The second-order valence-electron chi connectivity index (χ2n) is 6.42. The molecule has 1 rings (SSSR count). The molecule has 0 aromatic rings. The summed E-state index contributed by atoms with van der Waals surface area (Å²) in [5, 5.41) is 14.2. The Labute approximate surface area is 132 Å². The first-order chi connectivity index (χ1) is 10.3. The van der Waals surface area contributed by atoms with Gasteiger partial charge in [-0.05, 0) is 39.5 Å². The van der Waals surface area contributed by atoms with Crippen LogP contribution in [0.15, 0.2) is 0 Å². The maximum absolute atomic E-state index is 12.0. The van der Waals surface area contributed by atoms with E-state index < -0.39 is 24.0 Å². The van der Waals surface area contributed by atoms with Crippen LogP contribution in [-0.2, 0) is 14.4 Å². The van der Waals surface area contributed by atoms with Crippen molar-refractivity contribution < 1.29 is 19.5 Å². The standard InChI is InChI=1S/C16H28N2O4/c1-10(16(21)22)11(2)18-15(20)12(3)17-14(19)9-13-7-5-4-6-8-13/h10-13H,4-9H2,1-3H3,(H,17,19)(H,18,20)(H,21,22). The average Bonchev–Trinajstić information content (AvgIpc) is 2.46. The highest BCUT2D eigenvalue weighted by atomic mass is 16.4. The molecule has 0 aromatic carbocycles. The van der Waals surface area contributed by atoms with Gasteiger partial charge in [0.15, 0.2) is 0 Å². The molecule has 0 radical (unpaired) electrons. The van der Waals surface area contributed by atoms with Crippen LogP contribution < -0.4 is 10.6 Å². The highest BCUT2D eigenvalue weighted by molar-refractivity contribution is 5.87. The Balaban J connectivity index is 2.36. The third-order valence-electron chi connectivity index (χ3n) is 4.48. The van der Waals surface area contributed by atoms with Crippen molar-refractivity contribution in [2.45, 2.75) is 71.4 Å². The first-order valence-electron chi connectivity index (χ1n) is 8.13. The number of carbonyl (C=O) groups is 3. The van der Waals surface area contributed by atoms with Gasteiger partial charge in [0.25, 0.3) is 0 Å². The van der Waals surface area contributed by atoms with Crippen molar-refractivity contribution in [3.05, 3.63) is 0 Å². The zero-order valence-electron chi connectivity index (χ0n) is 13.7. The van der Waals surface area contributed by atoms with Crippen molar-refractivity contribution in [1.82, 2.24) is 10.6 Å². The zero-order chi connectivity index (χ0) is 16.7. The van der Waals surface area contributed by atoms with Crippen LogP contribution in [-0.4, -0.2) is 35.0 Å². The van der Waals surface area contributed by atoms with Crippen molar-refractivity contribution in [2.24, 2.45) is 11.8 Å². The van der Waals surface area contributed by atoms with E-state index in [1.807, 2.05) is 0 Å². The molecule has 3 unspecified atom stereocenters. The van der Waals surface area contributed by atoms with Crippen LogP contribution in [0.2, 0.25) is 0 Å². The van der Waals surface area contributed by atoms with Crippen LogP contribution in [0.25, 0.3) is 0 Å². The van der Waals surface area contributed by atoms with Gasteiger partial charge in [-0.25, -0.2) is 0 Å². The quantitative estimate of drug-likeness (QED) is 0.666. The molecule has 1 aliphatic rings. The van der Waals surface area contributed by atoms with Crippen molar-refractivity contribution >= 4 is 17.8 Å². The van der Waals surface area contributed by atoms with Crippen LogP contribution in [0, 0.1) is 11.8 Å². The fraction of sp³-hybridized carbons (Fsp3) is 0.812. The fourth-order valence-electron chi connectivity index (χ4n) is 2.71. The minimum atomic E-state index is -0.957. The van der Waals surface area contributed by atoms with E-state index in [0.717, 1.165) is 12.8 Å². The Morgan fingerprint density at radius 2 is 1.64 bits per heavy atom. The van der Waals surface area contributed by atoms with Crippen molar-refractivity contribution in [3.8, 4) is 0 Å². The fourth-order valence-corrected chi connectivity index (χ4v) is 2.71. The number of amides is 2. The zero-order valence-corrected chi connectivity index (χ0v) is 13.7. The summed E-state index contributed by atoms with van der Waals surface area (Å²) >= 11 is 0. The Hall–Kier alpha value is -1.59. The van der Waals surface area contributed by atoms with Gasteiger partial charge < -0.3 is 15.7 Å². The molecule has 2 amide bonds. The SMILES string of the molecule is CC(NC(=O)CC1CCCCC1)C(=O)NC(C)C(C)C(=O)O. The summed E-state index contributed by atoms with van der Waals surface area (Å²) < 4.78 is 0. The monoisotopic (exact) mass is 312 g/mol. The molecule has 1 aliphatic carbocycles. The Bertz CT molecular complexity index is 405. The minimum Gasteiger partial charge on any atom is -0.481 e. The van der Waals surface area contributed by atoms with Gasteiger partial charge in [-0.3, -0.25) is 14.4 Å². The molecule has 1 fully saturated rings. The van der Waals surface area contributed by atoms with E-state index in [1.165, 1.54) is 19.3 Å². The molecule has 22 heavy (non-hydrogen) atoms. The second-order valence-corrected chi connectivity index (χ2v) is 6.42. The van der Waals surface area contributed by atoms with E-state index in [9.17, 15) is 14.4 Å². The molecule has 0 aromatic heterocycles. The summed E-state index contributed by atoms with van der Waals surface area (Å²) in [6, 6.07) is -1.14. The molecule has 0 aliphatic heterocycles. The van der Waals surface area contributed by atoms with Crippen LogP contribution >= 0.6 is 0 Å². The van der Waals surface area contributed by atoms with E-state index in [2.05, 4.69) is 10.6 Å². The van der Waals surface area contributed by atoms with Crippen LogP contribution in [0.5, 0.6) is 0 Å². The number of nitrogens with one attached hydrogen (secondary N) is 2. The molecule has 3 atom stereocenters. The van der Waals surface area contributed by atoms with E-state index in [-0.39, 0.29) is 11.8 Å². The van der Waals surface area contributed by atoms with Gasteiger partial charge in [-0.15, -0.1) is 0 Å². The van der Waals surface area contributed by atoms with Crippen molar-refractivity contribution in [2.75, 3.05) is 0 Å². The molecule has 0 heterocycles. The first-order valence-corrected chi connectivity index (χ1v) is 8.13. The van der Waals surface area contributed by atoms with Gasteiger partial charge in [0.1, 0.15) is 6.04 Å². The molecule has 3 N–H and O–H groups in total. The number of carbonyl (C=O) groups excluding carboxylic acids is 2. The summed E-state index contributed by atoms with van der Waals surface area (Å²) in [6.45, 7) is 4.80. The minimum absolute atomic E-state index is 0.103. The van der Waals surface area contributed by atoms with Crippen LogP contribution in [0.1, 0.15) is 59.3 Å². The number of carboxylic acids is 1. The van der Waals surface area contributed by atoms with Gasteiger partial charge in [-0.1, -0.05) is 19.3 Å². The molecule has 1 saturated carbocycles. The highest BCUT2D eigenvalue weighted by Gasteiger charge is 2.24. The molecular formula is C16H28N2O4. The maximum atomic E-state index is 12.0. The number of carboxylic acid groups (broad SMARTS) is 1. The molecule has 0 bridgehead atoms. The number of hydrogen-bond acceptors (Lipinski definition) is 3. The maximum Gasteiger partial charge on any atom is 0.308 e. The Morgan fingerprint density at radius 3 is 2.18 bits per heavy atom. The molecule has 0 spiro atoms. The number of aliphatic carboxylic acids is 1. The van der Waals surface area contributed by atoms with Crippen molar-refractivity contribution in [3.63, 3.8) is 0 Å². The van der Waals surface area contributed by atoms with E-state index in [0.29, 0.717) is 12.3 Å². The average molecular weight is 312 g/mol. The lowest BCUT2D eigenvalue weighted by atomic mass is 9.87. The van der Waals surface area contributed by atoms with Crippen molar-refractivity contribution in [1.29, 1.82) is 0 Å². The third kappa shape index (κ3) is 6.03. The lowest BCUT2D eigenvalue weighted by Gasteiger charge is -2.23. The highest BCUT2D eigenvalue weighted by Crippen LogP contribution is 2.26. The summed E-state index contributed by atoms with van der Waals surface area (Å²) in [6.07, 6.45) is 6.24. The predicted octanol–water partition coefficient (Wildman–Crippen LogP) is 1.69. The van der Waals surface area contributed by atoms with Crippen LogP contribution in [0.3, 0.4) is 0 Å². The Morgan fingerprint density at radius 1 is 1.05 bits per heavy atom. The summed E-state index contributed by atoms with van der Waals surface area (Å²) in [4.78, 5) is 34.8. The largest absolute Gasteiger partial charge is 0.481 e. The molecule has 0 saturated heterocycles. The smallest absolute Gasteiger partial charge is 0.308 e. The summed E-state index contributed by atoms with van der Waals surface area (Å²) in [5.74, 6) is -1.66. The first kappa shape index (κ1) is 18.5. The topological polar surface area (TPSA) is 95.5 Å². The van der Waals surface area contributed by atoms with Gasteiger partial charge in [0.05, 0.1) is 5.92 Å².